The van der Waals surface area contributed by atoms with Crippen molar-refractivity contribution in [2.45, 2.75) is 64.1 Å². The van der Waals surface area contributed by atoms with Gasteiger partial charge in [0.25, 0.3) is 0 Å². The van der Waals surface area contributed by atoms with Crippen molar-refractivity contribution in [3.8, 4) is 0 Å². The molecule has 0 aromatic carbocycles. The van der Waals surface area contributed by atoms with Gasteiger partial charge in [0, 0.05) is 6.54 Å². The van der Waals surface area contributed by atoms with E-state index in [0.717, 1.165) is 19.3 Å². The van der Waals surface area contributed by atoms with Crippen LogP contribution in [0.5, 0.6) is 0 Å². The number of nitrogens with one attached hydrogen (secondary N) is 1. The predicted molar refractivity (Wildman–Crippen MR) is 62.9 cm³/mol. The van der Waals surface area contributed by atoms with Gasteiger partial charge in [0.05, 0.1) is 0 Å². The molecule has 0 aliphatic rings. The molecule has 0 radical (unpaired) electrons. The van der Waals surface area contributed by atoms with Crippen LogP contribution in [0.3, 0.4) is 0 Å². The first-order valence-electron chi connectivity index (χ1n) is 6.44. The molecule has 0 saturated carbocycles. The maximum Gasteiger partial charge on any atom is 0.415 e. The summed E-state index contributed by atoms with van der Waals surface area (Å²) in [5.74, 6) is 0. The second kappa shape index (κ2) is 9.71. The number of aliphatic hydroxyl groups excluding tert-OH is 1. The molecular formula is C12H24F3NO. The van der Waals surface area contributed by atoms with Crippen molar-refractivity contribution in [3.63, 3.8) is 0 Å². The molecule has 0 rings (SSSR count). The van der Waals surface area contributed by atoms with Gasteiger partial charge in [0.15, 0.2) is 6.10 Å². The molecule has 104 valence electrons. The number of unbranched alkanes of at least 4 members (excludes halogenated alkanes) is 6. The fraction of sp³-hybridized carbons (Fsp3) is 1.00. The van der Waals surface area contributed by atoms with Gasteiger partial charge in [-0.2, -0.15) is 13.2 Å². The van der Waals surface area contributed by atoms with Crippen molar-refractivity contribution in [1.82, 2.24) is 5.32 Å². The summed E-state index contributed by atoms with van der Waals surface area (Å²) >= 11 is 0. The summed E-state index contributed by atoms with van der Waals surface area (Å²) in [6, 6.07) is 0. The third-order valence-corrected chi connectivity index (χ3v) is 2.67. The topological polar surface area (TPSA) is 32.3 Å². The van der Waals surface area contributed by atoms with Crippen LogP contribution in [0.1, 0.15) is 51.9 Å². The number of alkyl halides is 3. The SMILES string of the molecule is CCCCCCCCCNCC(O)C(F)(F)F. The lowest BCUT2D eigenvalue weighted by Crippen LogP contribution is -2.38. The zero-order valence-corrected chi connectivity index (χ0v) is 10.5. The van der Waals surface area contributed by atoms with Crippen LogP contribution >= 0.6 is 0 Å². The molecule has 0 fully saturated rings. The summed E-state index contributed by atoms with van der Waals surface area (Å²) in [5.41, 5.74) is 0. The van der Waals surface area contributed by atoms with Crippen LogP contribution in [-0.4, -0.2) is 30.5 Å². The molecule has 0 aliphatic carbocycles. The van der Waals surface area contributed by atoms with Gasteiger partial charge in [-0.3, -0.25) is 0 Å². The van der Waals surface area contributed by atoms with E-state index < -0.39 is 18.8 Å². The smallest absolute Gasteiger partial charge is 0.382 e. The highest BCUT2D eigenvalue weighted by molar-refractivity contribution is 4.67. The van der Waals surface area contributed by atoms with Crippen molar-refractivity contribution < 1.29 is 18.3 Å². The molecule has 5 heteroatoms. The zero-order chi connectivity index (χ0) is 13.1. The van der Waals surface area contributed by atoms with E-state index in [1.165, 1.54) is 25.7 Å². The summed E-state index contributed by atoms with van der Waals surface area (Å²) in [6.45, 7) is 2.30. The maximum absolute atomic E-state index is 11.9. The third kappa shape index (κ3) is 10.6. The average Bonchev–Trinajstić information content (AvgIpc) is 2.25. The molecule has 1 atom stereocenters. The summed E-state index contributed by atoms with van der Waals surface area (Å²) in [5, 5.41) is 11.3. The van der Waals surface area contributed by atoms with E-state index in [0.29, 0.717) is 6.54 Å². The lowest BCUT2D eigenvalue weighted by atomic mass is 10.1. The largest absolute Gasteiger partial charge is 0.415 e. The Bertz CT molecular complexity index is 174. The van der Waals surface area contributed by atoms with Gasteiger partial charge < -0.3 is 10.4 Å². The van der Waals surface area contributed by atoms with Crippen LogP contribution in [0.15, 0.2) is 0 Å². The highest BCUT2D eigenvalue weighted by atomic mass is 19.4. The molecule has 2 N–H and O–H groups in total. The molecule has 0 bridgehead atoms. The van der Waals surface area contributed by atoms with Crippen molar-refractivity contribution in [2.24, 2.45) is 0 Å². The van der Waals surface area contributed by atoms with Gasteiger partial charge >= 0.3 is 6.18 Å². The van der Waals surface area contributed by atoms with Gasteiger partial charge in [-0.1, -0.05) is 45.4 Å². The highest BCUT2D eigenvalue weighted by Gasteiger charge is 2.37. The number of hydrogen-bond acceptors (Lipinski definition) is 2. The first-order chi connectivity index (χ1) is 7.98. The number of hydrogen-bond donors (Lipinski definition) is 2. The fourth-order valence-corrected chi connectivity index (χ4v) is 1.56. The van der Waals surface area contributed by atoms with Gasteiger partial charge in [-0.05, 0) is 13.0 Å². The van der Waals surface area contributed by atoms with Gasteiger partial charge in [0.2, 0.25) is 0 Å². The molecule has 17 heavy (non-hydrogen) atoms. The van der Waals surface area contributed by atoms with Crippen LogP contribution in [0.25, 0.3) is 0 Å². The molecule has 2 nitrogen and oxygen atoms in total. The Morgan fingerprint density at radius 1 is 1.00 bits per heavy atom. The lowest BCUT2D eigenvalue weighted by molar-refractivity contribution is -0.201. The van der Waals surface area contributed by atoms with Crippen molar-refractivity contribution in [1.29, 1.82) is 0 Å². The van der Waals surface area contributed by atoms with E-state index in [2.05, 4.69) is 12.2 Å². The molecule has 0 saturated heterocycles. The molecule has 0 aliphatic heterocycles. The van der Waals surface area contributed by atoms with E-state index >= 15 is 0 Å². The van der Waals surface area contributed by atoms with Crippen LogP contribution in [0, 0.1) is 0 Å². The lowest BCUT2D eigenvalue weighted by Gasteiger charge is -2.14. The average molecular weight is 255 g/mol. The van der Waals surface area contributed by atoms with Gasteiger partial charge in [-0.15, -0.1) is 0 Å². The zero-order valence-electron chi connectivity index (χ0n) is 10.5. The fourth-order valence-electron chi connectivity index (χ4n) is 1.56. The Balaban J connectivity index is 3.19. The minimum absolute atomic E-state index is 0.403. The molecule has 1 unspecified atom stereocenters. The highest BCUT2D eigenvalue weighted by Crippen LogP contribution is 2.19. The monoisotopic (exact) mass is 255 g/mol. The van der Waals surface area contributed by atoms with Crippen LogP contribution < -0.4 is 5.32 Å². The van der Waals surface area contributed by atoms with Crippen molar-refractivity contribution in [3.05, 3.63) is 0 Å². The van der Waals surface area contributed by atoms with Crippen LogP contribution in [0.2, 0.25) is 0 Å². The van der Waals surface area contributed by atoms with Crippen LogP contribution in [0.4, 0.5) is 13.2 Å². The van der Waals surface area contributed by atoms with E-state index in [4.69, 9.17) is 5.11 Å². The first kappa shape index (κ1) is 16.7. The minimum Gasteiger partial charge on any atom is -0.382 e. The quantitative estimate of drug-likeness (QED) is 0.587. The Morgan fingerprint density at radius 3 is 2.06 bits per heavy atom. The van der Waals surface area contributed by atoms with E-state index in [-0.39, 0.29) is 0 Å². The summed E-state index contributed by atoms with van der Waals surface area (Å²) in [6.07, 6.45) is 1.24. The normalized spacial score (nSPS) is 13.9. The number of aliphatic hydroxyl groups is 1. The van der Waals surface area contributed by atoms with Crippen molar-refractivity contribution >= 4 is 0 Å². The molecule has 0 amide bonds. The van der Waals surface area contributed by atoms with Gasteiger partial charge in [0.1, 0.15) is 0 Å². The molecule has 0 aromatic rings. The third-order valence-electron chi connectivity index (χ3n) is 2.67. The standard InChI is InChI=1S/C12H24F3NO/c1-2-3-4-5-6-7-8-9-16-10-11(17)12(13,14)15/h11,16-17H,2-10H2,1H3. The van der Waals surface area contributed by atoms with Gasteiger partial charge in [-0.25, -0.2) is 0 Å². The molecule has 0 aromatic heterocycles. The Morgan fingerprint density at radius 2 is 1.53 bits per heavy atom. The summed E-state index contributed by atoms with van der Waals surface area (Å²) < 4.78 is 35.7. The molecule has 0 heterocycles. The number of rotatable bonds is 10. The number of halogens is 3. The summed E-state index contributed by atoms with van der Waals surface area (Å²) in [7, 11) is 0. The predicted octanol–water partition coefficient (Wildman–Crippen LogP) is 3.25. The Labute approximate surface area is 102 Å². The molecular weight excluding hydrogens is 231 g/mol. The van der Waals surface area contributed by atoms with E-state index in [1.807, 2.05) is 0 Å². The minimum atomic E-state index is -4.51. The second-order valence-corrected chi connectivity index (χ2v) is 4.38. The Hall–Kier alpha value is -0.290. The molecule has 0 spiro atoms. The van der Waals surface area contributed by atoms with E-state index in [1.54, 1.807) is 0 Å². The van der Waals surface area contributed by atoms with Crippen molar-refractivity contribution in [2.75, 3.05) is 13.1 Å². The van der Waals surface area contributed by atoms with Crippen LogP contribution in [-0.2, 0) is 0 Å². The maximum atomic E-state index is 11.9. The summed E-state index contributed by atoms with van der Waals surface area (Å²) in [4.78, 5) is 0. The second-order valence-electron chi connectivity index (χ2n) is 4.38. The first-order valence-corrected chi connectivity index (χ1v) is 6.44. The van der Waals surface area contributed by atoms with E-state index in [9.17, 15) is 13.2 Å². The Kier molecular flexibility index (Phi) is 9.55.